The molecule has 3 aromatic rings. The van der Waals surface area contributed by atoms with E-state index in [2.05, 4.69) is 25.4 Å². The molecule has 0 radical (unpaired) electrons. The van der Waals surface area contributed by atoms with Crippen LogP contribution in [0.3, 0.4) is 0 Å². The number of amides is 1. The van der Waals surface area contributed by atoms with Gasteiger partial charge in [0.2, 0.25) is 0 Å². The number of aryl methyl sites for hydroxylation is 2. The fraction of sp³-hybridized carbons (Fsp3) is 0.412. The van der Waals surface area contributed by atoms with Gasteiger partial charge in [-0.15, -0.1) is 0 Å². The summed E-state index contributed by atoms with van der Waals surface area (Å²) in [7, 11) is 1.80. The zero-order valence-electron chi connectivity index (χ0n) is 14.4. The molecule has 25 heavy (non-hydrogen) atoms. The monoisotopic (exact) mass is 339 g/mol. The Morgan fingerprint density at radius 1 is 1.32 bits per heavy atom. The van der Waals surface area contributed by atoms with Crippen LogP contribution in [0.4, 0.5) is 5.82 Å². The number of fused-ring (bicyclic) bond motifs is 1. The first kappa shape index (κ1) is 15.6. The van der Waals surface area contributed by atoms with Gasteiger partial charge in [0.05, 0.1) is 5.69 Å². The smallest absolute Gasteiger partial charge is 0.272 e. The van der Waals surface area contributed by atoms with Gasteiger partial charge in [-0.05, 0) is 31.9 Å². The van der Waals surface area contributed by atoms with E-state index < -0.39 is 0 Å². The normalized spacial score (nSPS) is 17.8. The first-order valence-corrected chi connectivity index (χ1v) is 8.46. The summed E-state index contributed by atoms with van der Waals surface area (Å²) in [5.74, 6) is 0.790. The van der Waals surface area contributed by atoms with Crippen molar-refractivity contribution in [3.8, 4) is 0 Å². The summed E-state index contributed by atoms with van der Waals surface area (Å²) >= 11 is 0. The highest BCUT2D eigenvalue weighted by molar-refractivity contribution is 5.92. The van der Waals surface area contributed by atoms with Crippen LogP contribution < -0.4 is 10.2 Å². The number of hydrogen-bond donors (Lipinski definition) is 1. The van der Waals surface area contributed by atoms with Crippen molar-refractivity contribution in [1.82, 2.24) is 29.7 Å². The molecule has 8 nitrogen and oxygen atoms in total. The van der Waals surface area contributed by atoms with Crippen molar-refractivity contribution < 1.29 is 4.79 Å². The maximum atomic E-state index is 12.3. The third-order valence-corrected chi connectivity index (χ3v) is 4.49. The summed E-state index contributed by atoms with van der Waals surface area (Å²) in [6, 6.07) is 3.85. The van der Waals surface area contributed by atoms with Crippen LogP contribution >= 0.6 is 0 Å². The van der Waals surface area contributed by atoms with Crippen LogP contribution in [0.5, 0.6) is 0 Å². The number of nitrogens with one attached hydrogen (secondary N) is 1. The van der Waals surface area contributed by atoms with Gasteiger partial charge in [-0.3, -0.25) is 9.48 Å². The topological polar surface area (TPSA) is 80.4 Å². The summed E-state index contributed by atoms with van der Waals surface area (Å²) in [6.07, 6.45) is 7.36. The number of hydrogen-bond acceptors (Lipinski definition) is 5. The molecule has 0 saturated carbocycles. The molecule has 3 aromatic heterocycles. The van der Waals surface area contributed by atoms with Crippen LogP contribution in [0, 0.1) is 6.92 Å². The van der Waals surface area contributed by atoms with Gasteiger partial charge in [0.15, 0.2) is 5.82 Å². The van der Waals surface area contributed by atoms with Crippen molar-refractivity contribution in [1.29, 1.82) is 0 Å². The van der Waals surface area contributed by atoms with Gasteiger partial charge in [-0.2, -0.15) is 10.2 Å². The molecule has 1 amide bonds. The van der Waals surface area contributed by atoms with Crippen LogP contribution in [0.25, 0.3) is 5.52 Å². The number of carbonyl (C=O) groups is 1. The lowest BCUT2D eigenvalue weighted by molar-refractivity contribution is 0.0927. The number of carbonyl (C=O) groups excluding carboxylic acids is 1. The molecule has 0 aliphatic carbocycles. The van der Waals surface area contributed by atoms with Gasteiger partial charge in [0, 0.05) is 44.8 Å². The molecule has 0 aromatic carbocycles. The maximum Gasteiger partial charge on any atom is 0.272 e. The lowest BCUT2D eigenvalue weighted by Gasteiger charge is -2.34. The minimum absolute atomic E-state index is 0.0781. The summed E-state index contributed by atoms with van der Waals surface area (Å²) < 4.78 is 3.49. The van der Waals surface area contributed by atoms with E-state index in [1.165, 1.54) is 0 Å². The molecule has 1 saturated heterocycles. The van der Waals surface area contributed by atoms with Crippen molar-refractivity contribution in [2.45, 2.75) is 25.8 Å². The van der Waals surface area contributed by atoms with Crippen molar-refractivity contribution in [3.63, 3.8) is 0 Å². The van der Waals surface area contributed by atoms with Crippen molar-refractivity contribution in [2.75, 3.05) is 18.0 Å². The molecule has 0 bridgehead atoms. The Hall–Kier alpha value is -2.90. The fourth-order valence-corrected chi connectivity index (χ4v) is 3.36. The van der Waals surface area contributed by atoms with E-state index in [1.54, 1.807) is 30.2 Å². The zero-order chi connectivity index (χ0) is 17.4. The number of aromatic nitrogens is 5. The predicted octanol–water partition coefficient (Wildman–Crippen LogP) is 1.17. The highest BCUT2D eigenvalue weighted by atomic mass is 16.2. The van der Waals surface area contributed by atoms with Crippen molar-refractivity contribution in [2.24, 2.45) is 7.05 Å². The minimum Gasteiger partial charge on any atom is -0.353 e. The van der Waals surface area contributed by atoms with Gasteiger partial charge in [-0.1, -0.05) is 0 Å². The Morgan fingerprint density at radius 3 is 3.00 bits per heavy atom. The Labute approximate surface area is 145 Å². The average Bonchev–Trinajstić information content (AvgIpc) is 3.19. The van der Waals surface area contributed by atoms with Gasteiger partial charge in [0.25, 0.3) is 5.91 Å². The Kier molecular flexibility index (Phi) is 3.87. The molecule has 8 heteroatoms. The van der Waals surface area contributed by atoms with Crippen molar-refractivity contribution in [3.05, 3.63) is 42.1 Å². The van der Waals surface area contributed by atoms with Crippen LogP contribution in [-0.4, -0.2) is 49.4 Å². The number of nitrogens with zero attached hydrogens (tertiary/aromatic N) is 6. The number of anilines is 1. The molecular formula is C17H21N7O. The standard InChI is InChI=1S/C17H21N7O/c1-12-10-15-16(18-6-9-24(15)20-12)23-7-3-4-13(11-23)19-17(25)14-5-8-22(2)21-14/h5-6,8-10,13H,3-4,7,11H2,1-2H3,(H,19,25). The Balaban J connectivity index is 1.51. The van der Waals surface area contributed by atoms with Crippen LogP contribution in [0.2, 0.25) is 0 Å². The largest absolute Gasteiger partial charge is 0.353 e. The third kappa shape index (κ3) is 3.07. The maximum absolute atomic E-state index is 12.3. The average molecular weight is 339 g/mol. The molecule has 1 atom stereocenters. The van der Waals surface area contributed by atoms with E-state index in [0.717, 1.165) is 43.0 Å². The highest BCUT2D eigenvalue weighted by Crippen LogP contribution is 2.23. The first-order valence-electron chi connectivity index (χ1n) is 8.46. The SMILES string of the molecule is Cc1cc2c(N3CCCC(NC(=O)c4ccn(C)n4)C3)nccn2n1. The van der Waals surface area contributed by atoms with Gasteiger partial charge < -0.3 is 10.2 Å². The summed E-state index contributed by atoms with van der Waals surface area (Å²) in [5.41, 5.74) is 2.41. The van der Waals surface area contributed by atoms with E-state index in [4.69, 9.17) is 0 Å². The number of rotatable bonds is 3. The minimum atomic E-state index is -0.126. The van der Waals surface area contributed by atoms with Crippen LogP contribution in [0.1, 0.15) is 29.0 Å². The molecule has 1 aliphatic heterocycles. The lowest BCUT2D eigenvalue weighted by atomic mass is 10.1. The highest BCUT2D eigenvalue weighted by Gasteiger charge is 2.25. The zero-order valence-corrected chi connectivity index (χ0v) is 14.4. The summed E-state index contributed by atoms with van der Waals surface area (Å²) in [4.78, 5) is 19.1. The van der Waals surface area contributed by atoms with E-state index >= 15 is 0 Å². The molecular weight excluding hydrogens is 318 g/mol. The fourth-order valence-electron chi connectivity index (χ4n) is 3.36. The summed E-state index contributed by atoms with van der Waals surface area (Å²) in [6.45, 7) is 3.63. The second-order valence-corrected chi connectivity index (χ2v) is 6.50. The Bertz CT molecular complexity index is 913. The third-order valence-electron chi connectivity index (χ3n) is 4.49. The van der Waals surface area contributed by atoms with Gasteiger partial charge in [-0.25, -0.2) is 9.50 Å². The quantitative estimate of drug-likeness (QED) is 0.775. The lowest BCUT2D eigenvalue weighted by Crippen LogP contribution is -2.48. The van der Waals surface area contributed by atoms with Gasteiger partial charge >= 0.3 is 0 Å². The molecule has 0 spiro atoms. The van der Waals surface area contributed by atoms with E-state index in [9.17, 15) is 4.79 Å². The molecule has 1 aliphatic rings. The predicted molar refractivity (Wildman–Crippen MR) is 93.6 cm³/mol. The van der Waals surface area contributed by atoms with E-state index in [-0.39, 0.29) is 11.9 Å². The summed E-state index contributed by atoms with van der Waals surface area (Å²) in [5, 5.41) is 11.7. The second kappa shape index (κ2) is 6.19. The van der Waals surface area contributed by atoms with E-state index in [0.29, 0.717) is 5.69 Å². The van der Waals surface area contributed by atoms with Crippen LogP contribution in [-0.2, 0) is 7.05 Å². The molecule has 4 rings (SSSR count). The molecule has 4 heterocycles. The van der Waals surface area contributed by atoms with Crippen LogP contribution in [0.15, 0.2) is 30.7 Å². The molecule has 1 N–H and O–H groups in total. The molecule has 1 unspecified atom stereocenters. The van der Waals surface area contributed by atoms with Gasteiger partial charge in [0.1, 0.15) is 11.2 Å². The first-order chi connectivity index (χ1) is 12.1. The molecule has 1 fully saturated rings. The Morgan fingerprint density at radius 2 is 2.20 bits per heavy atom. The molecule has 130 valence electrons. The second-order valence-electron chi connectivity index (χ2n) is 6.50. The van der Waals surface area contributed by atoms with E-state index in [1.807, 2.05) is 23.7 Å². The van der Waals surface area contributed by atoms with Crippen molar-refractivity contribution >= 4 is 17.2 Å². The number of piperidine rings is 1.